The molecule has 2 aromatic heterocycles. The monoisotopic (exact) mass is 388 g/mol. The number of fused-ring (bicyclic) bond motifs is 1. The van der Waals surface area contributed by atoms with E-state index in [0.29, 0.717) is 0 Å². The highest BCUT2D eigenvalue weighted by molar-refractivity contribution is 7.46. The Labute approximate surface area is 143 Å². The van der Waals surface area contributed by atoms with Crippen molar-refractivity contribution in [1.29, 1.82) is 0 Å². The lowest BCUT2D eigenvalue weighted by Crippen LogP contribution is -2.33. The summed E-state index contributed by atoms with van der Waals surface area (Å²) in [7, 11) is -4.81. The largest absolute Gasteiger partial charge is 0.469 e. The van der Waals surface area contributed by atoms with Crippen LogP contribution < -0.4 is 5.73 Å². The number of aromatic nitrogens is 4. The predicted molar refractivity (Wildman–Crippen MR) is 82.5 cm³/mol. The minimum absolute atomic E-state index is 0.0162. The fourth-order valence-corrected chi connectivity index (χ4v) is 2.85. The zero-order valence-corrected chi connectivity index (χ0v) is 13.7. The molecule has 6 N–H and O–H groups in total. The molecular weight excluding hydrogens is 375 g/mol. The molecule has 4 atom stereocenters. The van der Waals surface area contributed by atoms with Gasteiger partial charge in [-0.2, -0.15) is 0 Å². The fraction of sp³-hybridized carbons (Fsp3) is 0.500. The molecule has 3 rings (SSSR count). The van der Waals surface area contributed by atoms with Crippen LogP contribution in [0.4, 0.5) is 11.8 Å². The molecule has 1 saturated heterocycles. The Morgan fingerprint density at radius 2 is 2.15 bits per heavy atom. The van der Waals surface area contributed by atoms with E-state index in [1.807, 2.05) is 0 Å². The van der Waals surface area contributed by atoms with Crippen LogP contribution in [0.25, 0.3) is 21.6 Å². The summed E-state index contributed by atoms with van der Waals surface area (Å²) in [6.07, 6.45) is -4.63. The van der Waals surface area contributed by atoms with Crippen LogP contribution in [-0.4, -0.2) is 64.4 Å². The maximum atomic E-state index is 10.8. The zero-order chi connectivity index (χ0) is 19.1. The molecule has 0 spiro atoms. The maximum absolute atomic E-state index is 10.8. The maximum Gasteiger partial charge on any atom is 0.469 e. The second-order valence-corrected chi connectivity index (χ2v) is 6.47. The summed E-state index contributed by atoms with van der Waals surface area (Å²) >= 11 is 0. The molecule has 140 valence electrons. The van der Waals surface area contributed by atoms with E-state index in [9.17, 15) is 14.8 Å². The van der Waals surface area contributed by atoms with Gasteiger partial charge in [-0.05, 0) is 10.6 Å². The summed E-state index contributed by atoms with van der Waals surface area (Å²) in [4.78, 5) is 31.8. The van der Waals surface area contributed by atoms with Crippen molar-refractivity contribution in [2.75, 3.05) is 12.3 Å². The fourth-order valence-electron chi connectivity index (χ4n) is 2.51. The Morgan fingerprint density at radius 3 is 2.81 bits per heavy atom. The molecule has 1 fully saturated rings. The van der Waals surface area contributed by atoms with Crippen LogP contribution in [0.3, 0.4) is 0 Å². The topological polar surface area (TPSA) is 235 Å². The number of aliphatic hydroxyl groups is 2. The van der Waals surface area contributed by atoms with Crippen LogP contribution in [0.2, 0.25) is 0 Å². The average Bonchev–Trinajstić information content (AvgIpc) is 3.05. The average molecular weight is 388 g/mol. The SMILES string of the molecule is [N-]=[N+]=Nc1nc2c(N)ncnc2n1[C@H]1O[C@@H](COP(=O)(O)O)C(O)C1O. The number of nitrogens with zero attached hydrogens (tertiary/aromatic N) is 7. The summed E-state index contributed by atoms with van der Waals surface area (Å²) in [6, 6.07) is 0. The number of imidazole rings is 1. The second-order valence-electron chi connectivity index (χ2n) is 5.23. The van der Waals surface area contributed by atoms with Crippen molar-refractivity contribution in [2.45, 2.75) is 24.5 Å². The summed E-state index contributed by atoms with van der Waals surface area (Å²) in [5.74, 6) is -0.278. The molecule has 1 aliphatic heterocycles. The van der Waals surface area contributed by atoms with Gasteiger partial charge in [-0.25, -0.2) is 19.5 Å². The summed E-state index contributed by atoms with van der Waals surface area (Å²) < 4.78 is 21.6. The minimum atomic E-state index is -4.81. The number of phosphoric acid groups is 1. The van der Waals surface area contributed by atoms with Gasteiger partial charge in [0, 0.05) is 4.91 Å². The normalized spacial score (nSPS) is 26.2. The molecule has 0 saturated carbocycles. The second kappa shape index (κ2) is 6.75. The highest BCUT2D eigenvalue weighted by Crippen LogP contribution is 2.40. The van der Waals surface area contributed by atoms with Crippen molar-refractivity contribution in [3.05, 3.63) is 16.8 Å². The Kier molecular flexibility index (Phi) is 4.79. The molecule has 0 bridgehead atoms. The van der Waals surface area contributed by atoms with Crippen LogP contribution in [0, 0.1) is 0 Å². The molecular formula is C10H13N8O7P. The first-order chi connectivity index (χ1) is 12.2. The highest BCUT2D eigenvalue weighted by atomic mass is 31.2. The van der Waals surface area contributed by atoms with Crippen molar-refractivity contribution in [1.82, 2.24) is 19.5 Å². The van der Waals surface area contributed by atoms with E-state index in [1.165, 1.54) is 0 Å². The van der Waals surface area contributed by atoms with E-state index in [0.717, 1.165) is 10.9 Å². The van der Waals surface area contributed by atoms with E-state index in [-0.39, 0.29) is 22.9 Å². The van der Waals surface area contributed by atoms with Crippen molar-refractivity contribution in [3.63, 3.8) is 0 Å². The molecule has 1 aliphatic rings. The Bertz CT molecular complexity index is 923. The summed E-state index contributed by atoms with van der Waals surface area (Å²) in [5.41, 5.74) is 14.5. The lowest BCUT2D eigenvalue weighted by Gasteiger charge is -2.18. The number of nitrogens with two attached hydrogens (primary N) is 1. The first-order valence-corrected chi connectivity index (χ1v) is 8.51. The smallest absolute Gasteiger partial charge is 0.387 e. The van der Waals surface area contributed by atoms with Gasteiger partial charge in [-0.3, -0.25) is 9.09 Å². The molecule has 26 heavy (non-hydrogen) atoms. The van der Waals surface area contributed by atoms with Crippen LogP contribution in [0.1, 0.15) is 6.23 Å². The van der Waals surface area contributed by atoms with Crippen LogP contribution in [-0.2, 0) is 13.8 Å². The van der Waals surface area contributed by atoms with Crippen LogP contribution >= 0.6 is 7.82 Å². The van der Waals surface area contributed by atoms with Gasteiger partial charge in [0.2, 0.25) is 5.95 Å². The van der Waals surface area contributed by atoms with Crippen molar-refractivity contribution in [3.8, 4) is 0 Å². The number of azide groups is 1. The number of hydrogen-bond donors (Lipinski definition) is 5. The third-order valence-electron chi connectivity index (χ3n) is 3.62. The third kappa shape index (κ3) is 3.33. The van der Waals surface area contributed by atoms with Gasteiger partial charge in [0.05, 0.1) is 6.61 Å². The van der Waals surface area contributed by atoms with Gasteiger partial charge in [0.25, 0.3) is 0 Å². The lowest BCUT2D eigenvalue weighted by molar-refractivity contribution is -0.0495. The molecule has 2 unspecified atom stereocenters. The van der Waals surface area contributed by atoms with E-state index in [1.54, 1.807) is 0 Å². The van der Waals surface area contributed by atoms with E-state index in [4.69, 9.17) is 25.8 Å². The Morgan fingerprint density at radius 1 is 1.42 bits per heavy atom. The summed E-state index contributed by atoms with van der Waals surface area (Å²) in [6.45, 7) is -0.695. The number of hydrogen-bond acceptors (Lipinski definition) is 10. The lowest BCUT2D eigenvalue weighted by atomic mass is 10.1. The van der Waals surface area contributed by atoms with Crippen LogP contribution in [0.5, 0.6) is 0 Å². The number of anilines is 1. The van der Waals surface area contributed by atoms with Crippen LogP contribution in [0.15, 0.2) is 11.4 Å². The van der Waals surface area contributed by atoms with E-state index in [2.05, 4.69) is 29.5 Å². The molecule has 16 heteroatoms. The summed E-state index contributed by atoms with van der Waals surface area (Å²) in [5, 5.41) is 23.7. The Hall–Kier alpha value is -2.35. The minimum Gasteiger partial charge on any atom is -0.387 e. The number of rotatable bonds is 5. The molecule has 15 nitrogen and oxygen atoms in total. The van der Waals surface area contributed by atoms with Gasteiger partial charge in [0.15, 0.2) is 23.2 Å². The molecule has 3 heterocycles. The van der Waals surface area contributed by atoms with Gasteiger partial charge in [-0.15, -0.1) is 0 Å². The van der Waals surface area contributed by atoms with E-state index >= 15 is 0 Å². The first-order valence-electron chi connectivity index (χ1n) is 6.98. The van der Waals surface area contributed by atoms with Crippen molar-refractivity contribution < 1.29 is 33.8 Å². The molecule has 2 aromatic rings. The predicted octanol–water partition coefficient (Wildman–Crippen LogP) is -0.921. The molecule has 0 amide bonds. The number of nitrogen functional groups attached to an aromatic ring is 1. The molecule has 0 aliphatic carbocycles. The Balaban J connectivity index is 2.00. The molecule has 0 radical (unpaired) electrons. The number of phosphoric ester groups is 1. The van der Waals surface area contributed by atoms with Gasteiger partial charge < -0.3 is 30.5 Å². The highest BCUT2D eigenvalue weighted by Gasteiger charge is 2.46. The number of aliphatic hydroxyl groups excluding tert-OH is 2. The standard InChI is InChI=1S/C10H13N8O7P/c11-7-4-8(14-2-13-7)18(10(15-4)16-17-12)9-6(20)5(19)3(25-9)1-24-26(21,22)23/h2-3,5-6,9,19-20H,1H2,(H2,11,13,14)(H2,21,22,23)/t3-,5?,6?,9-/m0/s1. The van der Waals surface area contributed by atoms with Gasteiger partial charge in [-0.1, -0.05) is 0 Å². The van der Waals surface area contributed by atoms with E-state index < -0.39 is 39.0 Å². The first kappa shape index (κ1) is 18.4. The molecule has 0 aromatic carbocycles. The van der Waals surface area contributed by atoms with Gasteiger partial charge in [0.1, 0.15) is 24.6 Å². The quantitative estimate of drug-likeness (QED) is 0.182. The van der Waals surface area contributed by atoms with Crippen molar-refractivity contribution >= 4 is 30.8 Å². The zero-order valence-electron chi connectivity index (χ0n) is 12.8. The number of ether oxygens (including phenoxy) is 1. The third-order valence-corrected chi connectivity index (χ3v) is 4.10. The van der Waals surface area contributed by atoms with Gasteiger partial charge >= 0.3 is 7.82 Å². The van der Waals surface area contributed by atoms with Crippen molar-refractivity contribution in [2.24, 2.45) is 5.11 Å².